The molecule has 0 atom stereocenters. The molecule has 2 aliphatic rings. The van der Waals surface area contributed by atoms with Crippen molar-refractivity contribution in [2.75, 3.05) is 19.7 Å². The third-order valence-corrected chi connectivity index (χ3v) is 3.34. The van der Waals surface area contributed by atoms with Crippen LogP contribution in [-0.4, -0.2) is 29.2 Å². The van der Waals surface area contributed by atoms with Crippen LogP contribution < -0.4 is 5.32 Å². The van der Waals surface area contributed by atoms with E-state index in [0.29, 0.717) is 12.5 Å². The summed E-state index contributed by atoms with van der Waals surface area (Å²) < 4.78 is 7.65. The molecule has 3 rings (SSSR count). The highest BCUT2D eigenvalue weighted by Gasteiger charge is 2.20. The average molecular weight is 207 g/mol. The molecule has 0 radical (unpaired) electrons. The molecule has 0 amide bonds. The van der Waals surface area contributed by atoms with E-state index >= 15 is 0 Å². The maximum absolute atomic E-state index is 5.40. The molecular formula is C11H17N3O. The monoisotopic (exact) mass is 207 g/mol. The van der Waals surface area contributed by atoms with Gasteiger partial charge in [0.15, 0.2) is 0 Å². The summed E-state index contributed by atoms with van der Waals surface area (Å²) in [5, 5.41) is 3.39. The van der Waals surface area contributed by atoms with Gasteiger partial charge in [-0.05, 0) is 25.9 Å². The van der Waals surface area contributed by atoms with Gasteiger partial charge in [0.05, 0.1) is 12.3 Å². The van der Waals surface area contributed by atoms with Crippen molar-refractivity contribution in [3.63, 3.8) is 0 Å². The summed E-state index contributed by atoms with van der Waals surface area (Å²) in [6.45, 7) is 4.74. The molecule has 2 aliphatic heterocycles. The minimum absolute atomic E-state index is 0.657. The second-order valence-electron chi connectivity index (χ2n) is 4.35. The van der Waals surface area contributed by atoms with Crippen LogP contribution in [0.5, 0.6) is 0 Å². The van der Waals surface area contributed by atoms with Gasteiger partial charge in [0.1, 0.15) is 12.4 Å². The van der Waals surface area contributed by atoms with Gasteiger partial charge in [0.2, 0.25) is 0 Å². The molecule has 3 heterocycles. The molecule has 0 aliphatic carbocycles. The number of rotatable bonds is 1. The largest absolute Gasteiger partial charge is 0.372 e. The molecule has 15 heavy (non-hydrogen) atoms. The fraction of sp³-hybridized carbons (Fsp3) is 0.727. The first-order valence-electron chi connectivity index (χ1n) is 5.78. The SMILES string of the molecule is c1c(C2CCNCC2)nc2n1CCOC2. The predicted molar refractivity (Wildman–Crippen MR) is 56.7 cm³/mol. The lowest BCUT2D eigenvalue weighted by Crippen LogP contribution is -2.26. The zero-order valence-electron chi connectivity index (χ0n) is 8.91. The second kappa shape index (κ2) is 3.94. The predicted octanol–water partition coefficient (Wildman–Crippen LogP) is 0.880. The molecule has 1 aromatic rings. The Balaban J connectivity index is 1.82. The first-order chi connectivity index (χ1) is 7.43. The van der Waals surface area contributed by atoms with Crippen LogP contribution >= 0.6 is 0 Å². The highest BCUT2D eigenvalue weighted by atomic mass is 16.5. The van der Waals surface area contributed by atoms with Crippen LogP contribution in [-0.2, 0) is 17.9 Å². The lowest BCUT2D eigenvalue weighted by molar-refractivity contribution is 0.0816. The third kappa shape index (κ3) is 1.79. The van der Waals surface area contributed by atoms with Crippen molar-refractivity contribution in [3.8, 4) is 0 Å². The molecule has 0 saturated carbocycles. The van der Waals surface area contributed by atoms with E-state index in [1.807, 2.05) is 0 Å². The fourth-order valence-electron chi connectivity index (χ4n) is 2.43. The van der Waals surface area contributed by atoms with Crippen molar-refractivity contribution in [1.82, 2.24) is 14.9 Å². The maximum atomic E-state index is 5.40. The molecule has 4 nitrogen and oxygen atoms in total. The highest BCUT2D eigenvalue weighted by molar-refractivity contribution is 5.11. The third-order valence-electron chi connectivity index (χ3n) is 3.34. The number of hydrogen-bond donors (Lipinski definition) is 1. The van der Waals surface area contributed by atoms with Crippen LogP contribution in [0.15, 0.2) is 6.20 Å². The molecule has 0 aromatic carbocycles. The summed E-state index contributed by atoms with van der Waals surface area (Å²) in [6, 6.07) is 0. The Hall–Kier alpha value is -0.870. The van der Waals surface area contributed by atoms with E-state index in [0.717, 1.165) is 32.1 Å². The van der Waals surface area contributed by atoms with Gasteiger partial charge in [0.25, 0.3) is 0 Å². The van der Waals surface area contributed by atoms with E-state index in [1.165, 1.54) is 18.5 Å². The number of piperidine rings is 1. The molecular weight excluding hydrogens is 190 g/mol. The van der Waals surface area contributed by atoms with Gasteiger partial charge in [-0.1, -0.05) is 0 Å². The summed E-state index contributed by atoms with van der Waals surface area (Å²) in [5.74, 6) is 1.76. The smallest absolute Gasteiger partial charge is 0.135 e. The zero-order valence-corrected chi connectivity index (χ0v) is 8.91. The molecule has 1 aromatic heterocycles. The van der Waals surface area contributed by atoms with Gasteiger partial charge in [0, 0.05) is 18.7 Å². The van der Waals surface area contributed by atoms with E-state index < -0.39 is 0 Å². The van der Waals surface area contributed by atoms with E-state index in [4.69, 9.17) is 4.74 Å². The van der Waals surface area contributed by atoms with E-state index in [9.17, 15) is 0 Å². The lowest BCUT2D eigenvalue weighted by atomic mass is 9.95. The van der Waals surface area contributed by atoms with Crippen LogP contribution in [0.3, 0.4) is 0 Å². The number of hydrogen-bond acceptors (Lipinski definition) is 3. The molecule has 0 bridgehead atoms. The average Bonchev–Trinajstić information content (AvgIpc) is 2.74. The summed E-state index contributed by atoms with van der Waals surface area (Å²) >= 11 is 0. The summed E-state index contributed by atoms with van der Waals surface area (Å²) in [7, 11) is 0. The number of imidazole rings is 1. The van der Waals surface area contributed by atoms with Gasteiger partial charge in [-0.15, -0.1) is 0 Å². The molecule has 1 fully saturated rings. The Morgan fingerprint density at radius 3 is 3.07 bits per heavy atom. The Bertz CT molecular complexity index is 318. The number of aromatic nitrogens is 2. The zero-order chi connectivity index (χ0) is 10.1. The summed E-state index contributed by atoms with van der Waals surface area (Å²) in [4.78, 5) is 4.68. The Labute approximate surface area is 89.6 Å². The van der Waals surface area contributed by atoms with Crippen molar-refractivity contribution in [2.45, 2.75) is 31.9 Å². The number of fused-ring (bicyclic) bond motifs is 1. The first kappa shape index (κ1) is 9.36. The van der Waals surface area contributed by atoms with Crippen molar-refractivity contribution in [3.05, 3.63) is 17.7 Å². The Kier molecular flexibility index (Phi) is 2.46. The number of nitrogens with one attached hydrogen (secondary N) is 1. The second-order valence-corrected chi connectivity index (χ2v) is 4.35. The van der Waals surface area contributed by atoms with Crippen LogP contribution in [0.2, 0.25) is 0 Å². The van der Waals surface area contributed by atoms with Crippen LogP contribution in [0.1, 0.15) is 30.3 Å². The van der Waals surface area contributed by atoms with Gasteiger partial charge >= 0.3 is 0 Å². The van der Waals surface area contributed by atoms with Crippen molar-refractivity contribution >= 4 is 0 Å². The number of ether oxygens (including phenoxy) is 1. The van der Waals surface area contributed by atoms with Gasteiger partial charge in [-0.2, -0.15) is 0 Å². The normalized spacial score (nSPS) is 22.7. The van der Waals surface area contributed by atoms with E-state index in [-0.39, 0.29) is 0 Å². The molecule has 0 spiro atoms. The Morgan fingerprint density at radius 1 is 1.40 bits per heavy atom. The van der Waals surface area contributed by atoms with Crippen molar-refractivity contribution in [2.24, 2.45) is 0 Å². The minimum atomic E-state index is 0.657. The molecule has 0 unspecified atom stereocenters. The fourth-order valence-corrected chi connectivity index (χ4v) is 2.43. The summed E-state index contributed by atoms with van der Waals surface area (Å²) in [5.41, 5.74) is 1.28. The molecule has 1 N–H and O–H groups in total. The van der Waals surface area contributed by atoms with Crippen LogP contribution in [0.25, 0.3) is 0 Å². The molecule has 82 valence electrons. The van der Waals surface area contributed by atoms with Crippen molar-refractivity contribution < 1.29 is 4.74 Å². The van der Waals surface area contributed by atoms with Gasteiger partial charge < -0.3 is 14.6 Å². The number of nitrogens with zero attached hydrogens (tertiary/aromatic N) is 2. The Morgan fingerprint density at radius 2 is 2.27 bits per heavy atom. The molecule has 4 heteroatoms. The molecule has 1 saturated heterocycles. The van der Waals surface area contributed by atoms with Crippen molar-refractivity contribution in [1.29, 1.82) is 0 Å². The van der Waals surface area contributed by atoms with E-state index in [1.54, 1.807) is 0 Å². The van der Waals surface area contributed by atoms with Gasteiger partial charge in [-0.3, -0.25) is 0 Å². The maximum Gasteiger partial charge on any atom is 0.135 e. The highest BCUT2D eigenvalue weighted by Crippen LogP contribution is 2.25. The summed E-state index contributed by atoms with van der Waals surface area (Å²) in [6.07, 6.45) is 4.67. The first-order valence-corrected chi connectivity index (χ1v) is 5.78. The lowest BCUT2D eigenvalue weighted by Gasteiger charge is -2.20. The van der Waals surface area contributed by atoms with Crippen LogP contribution in [0, 0.1) is 0 Å². The topological polar surface area (TPSA) is 39.1 Å². The van der Waals surface area contributed by atoms with Gasteiger partial charge in [-0.25, -0.2) is 4.98 Å². The van der Waals surface area contributed by atoms with Crippen LogP contribution in [0.4, 0.5) is 0 Å². The standard InChI is InChI=1S/C11H17N3O/c1-3-12-4-2-9(1)10-7-14-5-6-15-8-11(14)13-10/h7,9,12H,1-6,8H2. The minimum Gasteiger partial charge on any atom is -0.372 e. The van der Waals surface area contributed by atoms with E-state index in [2.05, 4.69) is 21.1 Å². The quantitative estimate of drug-likeness (QED) is 0.743.